The summed E-state index contributed by atoms with van der Waals surface area (Å²) in [5.74, 6) is 1.31. The summed E-state index contributed by atoms with van der Waals surface area (Å²) in [6.07, 6.45) is 4.76. The van der Waals surface area contributed by atoms with E-state index in [0.29, 0.717) is 29.5 Å². The van der Waals surface area contributed by atoms with E-state index in [2.05, 4.69) is 22.5 Å². The van der Waals surface area contributed by atoms with Gasteiger partial charge in [-0.3, -0.25) is 4.79 Å². The minimum absolute atomic E-state index is 0.0472. The molecule has 2 N–H and O–H groups in total. The topological polar surface area (TPSA) is 67.2 Å². The molecule has 25 heavy (non-hydrogen) atoms. The third-order valence-corrected chi connectivity index (χ3v) is 5.02. The summed E-state index contributed by atoms with van der Waals surface area (Å²) in [5.41, 5.74) is 1.12. The molecule has 0 spiro atoms. The fraction of sp³-hybridized carbons (Fsp3) is 0.474. The van der Waals surface area contributed by atoms with Gasteiger partial charge in [-0.1, -0.05) is 18.5 Å². The van der Waals surface area contributed by atoms with Gasteiger partial charge in [-0.2, -0.15) is 0 Å². The summed E-state index contributed by atoms with van der Waals surface area (Å²) in [6, 6.07) is 7.40. The predicted octanol–water partition coefficient (Wildman–Crippen LogP) is 3.43. The van der Waals surface area contributed by atoms with Gasteiger partial charge in [-0.15, -0.1) is 0 Å². The molecule has 0 unspecified atom stereocenters. The molecule has 0 bridgehead atoms. The molecule has 1 aromatic carbocycles. The third kappa shape index (κ3) is 5.06. The van der Waals surface area contributed by atoms with E-state index in [0.717, 1.165) is 38.0 Å². The van der Waals surface area contributed by atoms with E-state index in [4.69, 9.17) is 16.0 Å². The van der Waals surface area contributed by atoms with Gasteiger partial charge in [0.05, 0.1) is 6.20 Å². The number of benzene rings is 1. The van der Waals surface area contributed by atoms with Crippen molar-refractivity contribution in [2.24, 2.45) is 5.41 Å². The van der Waals surface area contributed by atoms with Gasteiger partial charge in [0.15, 0.2) is 11.7 Å². The van der Waals surface area contributed by atoms with Crippen LogP contribution in [0.1, 0.15) is 32.1 Å². The van der Waals surface area contributed by atoms with Crippen LogP contribution in [-0.4, -0.2) is 30.5 Å². The van der Waals surface area contributed by atoms with Crippen LogP contribution in [0.3, 0.4) is 0 Å². The first-order valence-electron chi connectivity index (χ1n) is 8.72. The van der Waals surface area contributed by atoms with E-state index in [9.17, 15) is 4.79 Å². The van der Waals surface area contributed by atoms with Crippen molar-refractivity contribution in [2.45, 2.75) is 32.6 Å². The van der Waals surface area contributed by atoms with E-state index in [1.54, 1.807) is 6.20 Å². The van der Waals surface area contributed by atoms with Crippen LogP contribution in [0, 0.1) is 5.41 Å². The quantitative estimate of drug-likeness (QED) is 0.827. The fourth-order valence-corrected chi connectivity index (χ4v) is 3.13. The van der Waals surface area contributed by atoms with Crippen LogP contribution in [-0.2, 0) is 11.2 Å². The van der Waals surface area contributed by atoms with Crippen LogP contribution in [0.4, 0.5) is 0 Å². The van der Waals surface area contributed by atoms with Crippen molar-refractivity contribution in [1.29, 1.82) is 0 Å². The standard InChI is InChI=1S/C19H24ClN3O2/c1-19(8-10-21-11-9-19)13-23-17(24)6-7-18-22-12-16(25-18)14-2-4-15(20)5-3-14/h2-5,12,21H,6-11,13H2,1H3,(H,23,24). The lowest BCUT2D eigenvalue weighted by molar-refractivity contribution is -0.121. The lowest BCUT2D eigenvalue weighted by Gasteiger charge is -2.34. The smallest absolute Gasteiger partial charge is 0.220 e. The van der Waals surface area contributed by atoms with Crippen LogP contribution in [0.2, 0.25) is 5.02 Å². The second-order valence-corrected chi connectivity index (χ2v) is 7.40. The maximum Gasteiger partial charge on any atom is 0.220 e. The summed E-state index contributed by atoms with van der Waals surface area (Å²) >= 11 is 5.89. The van der Waals surface area contributed by atoms with Gasteiger partial charge < -0.3 is 15.1 Å². The zero-order valence-electron chi connectivity index (χ0n) is 14.5. The van der Waals surface area contributed by atoms with Gasteiger partial charge in [0.2, 0.25) is 5.91 Å². The Hall–Kier alpha value is -1.85. The second kappa shape index (κ2) is 8.02. The number of oxazole rings is 1. The normalized spacial score (nSPS) is 16.6. The average Bonchev–Trinajstić information content (AvgIpc) is 3.08. The SMILES string of the molecule is CC1(CNC(=O)CCc2ncc(-c3ccc(Cl)cc3)o2)CCNCC1. The molecule has 1 fully saturated rings. The Kier molecular flexibility index (Phi) is 5.76. The highest BCUT2D eigenvalue weighted by atomic mass is 35.5. The number of aryl methyl sites for hydroxylation is 1. The zero-order chi connectivity index (χ0) is 17.7. The maximum absolute atomic E-state index is 12.1. The molecule has 0 aliphatic carbocycles. The fourth-order valence-electron chi connectivity index (χ4n) is 3.00. The molecule has 1 aliphatic heterocycles. The maximum atomic E-state index is 12.1. The number of carbonyl (C=O) groups excluding carboxylic acids is 1. The van der Waals surface area contributed by atoms with Crippen molar-refractivity contribution in [2.75, 3.05) is 19.6 Å². The van der Waals surface area contributed by atoms with E-state index in [1.165, 1.54) is 0 Å². The molecular weight excluding hydrogens is 338 g/mol. The number of nitrogens with zero attached hydrogens (tertiary/aromatic N) is 1. The van der Waals surface area contributed by atoms with Gasteiger partial charge in [0.25, 0.3) is 0 Å². The molecule has 2 aromatic rings. The molecule has 1 saturated heterocycles. The average molecular weight is 362 g/mol. The molecule has 5 nitrogen and oxygen atoms in total. The highest BCUT2D eigenvalue weighted by molar-refractivity contribution is 6.30. The Labute approximate surface area is 153 Å². The van der Waals surface area contributed by atoms with Crippen LogP contribution < -0.4 is 10.6 Å². The molecule has 0 atom stereocenters. The van der Waals surface area contributed by atoms with Gasteiger partial charge in [0.1, 0.15) is 0 Å². The van der Waals surface area contributed by atoms with Crippen molar-refractivity contribution in [3.8, 4) is 11.3 Å². The van der Waals surface area contributed by atoms with Crippen molar-refractivity contribution in [3.05, 3.63) is 41.4 Å². The first-order valence-corrected chi connectivity index (χ1v) is 9.10. The Morgan fingerprint density at radius 1 is 1.32 bits per heavy atom. The third-order valence-electron chi connectivity index (χ3n) is 4.77. The largest absolute Gasteiger partial charge is 0.441 e. The molecule has 1 aliphatic rings. The number of hydrogen-bond acceptors (Lipinski definition) is 4. The number of nitrogens with one attached hydrogen (secondary N) is 2. The molecule has 1 aromatic heterocycles. The first kappa shape index (κ1) is 18.0. The minimum atomic E-state index is 0.0472. The monoisotopic (exact) mass is 361 g/mol. The van der Waals surface area contributed by atoms with Gasteiger partial charge >= 0.3 is 0 Å². The number of rotatable bonds is 6. The molecule has 3 rings (SSSR count). The molecule has 1 amide bonds. The highest BCUT2D eigenvalue weighted by Crippen LogP contribution is 2.26. The van der Waals surface area contributed by atoms with Crippen molar-refractivity contribution < 1.29 is 9.21 Å². The number of piperidine rings is 1. The van der Waals surface area contributed by atoms with E-state index in [-0.39, 0.29) is 11.3 Å². The molecular formula is C19H24ClN3O2. The van der Waals surface area contributed by atoms with Gasteiger partial charge in [-0.05, 0) is 55.6 Å². The Morgan fingerprint density at radius 3 is 2.76 bits per heavy atom. The lowest BCUT2D eigenvalue weighted by Crippen LogP contribution is -2.42. The van der Waals surface area contributed by atoms with Crippen LogP contribution in [0.5, 0.6) is 0 Å². The minimum Gasteiger partial charge on any atom is -0.441 e. The summed E-state index contributed by atoms with van der Waals surface area (Å²) in [4.78, 5) is 16.4. The molecule has 2 heterocycles. The summed E-state index contributed by atoms with van der Waals surface area (Å²) in [7, 11) is 0. The van der Waals surface area contributed by atoms with E-state index >= 15 is 0 Å². The highest BCUT2D eigenvalue weighted by Gasteiger charge is 2.26. The number of amides is 1. The summed E-state index contributed by atoms with van der Waals surface area (Å²) in [6.45, 7) is 5.02. The van der Waals surface area contributed by atoms with Gasteiger partial charge in [-0.25, -0.2) is 4.98 Å². The van der Waals surface area contributed by atoms with Crippen LogP contribution in [0.25, 0.3) is 11.3 Å². The van der Waals surface area contributed by atoms with Crippen LogP contribution >= 0.6 is 11.6 Å². The zero-order valence-corrected chi connectivity index (χ0v) is 15.2. The molecule has 0 radical (unpaired) electrons. The Balaban J connectivity index is 1.47. The number of aromatic nitrogens is 1. The predicted molar refractivity (Wildman–Crippen MR) is 98.5 cm³/mol. The first-order chi connectivity index (χ1) is 12.0. The summed E-state index contributed by atoms with van der Waals surface area (Å²) in [5, 5.41) is 7.09. The number of carbonyl (C=O) groups is 1. The van der Waals surface area contributed by atoms with Crippen LogP contribution in [0.15, 0.2) is 34.9 Å². The number of hydrogen-bond donors (Lipinski definition) is 2. The van der Waals surface area contributed by atoms with Crippen molar-refractivity contribution in [3.63, 3.8) is 0 Å². The Morgan fingerprint density at radius 2 is 2.04 bits per heavy atom. The molecule has 6 heteroatoms. The second-order valence-electron chi connectivity index (χ2n) is 6.96. The van der Waals surface area contributed by atoms with Crippen molar-refractivity contribution >= 4 is 17.5 Å². The summed E-state index contributed by atoms with van der Waals surface area (Å²) < 4.78 is 5.73. The van der Waals surface area contributed by atoms with E-state index < -0.39 is 0 Å². The van der Waals surface area contributed by atoms with Gasteiger partial charge in [0, 0.05) is 30.0 Å². The van der Waals surface area contributed by atoms with Crippen molar-refractivity contribution in [1.82, 2.24) is 15.6 Å². The molecule has 134 valence electrons. The molecule has 0 saturated carbocycles. The lowest BCUT2D eigenvalue weighted by atomic mass is 9.81. The van der Waals surface area contributed by atoms with E-state index in [1.807, 2.05) is 24.3 Å². The Bertz CT molecular complexity index is 706. The number of halogens is 1.